The standard InChI is InChI=1S/C13H24N2O5/c1-7-20-8-9(16)14-12(2,3)10(17)15-13(4,5)11(18)19-6/h7-8H2,1-6H3,(H,14,16)(H,15,17). The minimum atomic E-state index is -1.17. The molecule has 0 fully saturated rings. The predicted octanol–water partition coefficient (Wildman–Crippen LogP) is -0.0145. The number of hydrogen-bond donors (Lipinski definition) is 2. The number of carbonyl (C=O) groups is 3. The molecule has 0 rings (SSSR count). The zero-order valence-corrected chi connectivity index (χ0v) is 13.0. The molecule has 0 saturated heterocycles. The summed E-state index contributed by atoms with van der Waals surface area (Å²) in [4.78, 5) is 35.2. The van der Waals surface area contributed by atoms with Crippen LogP contribution in [0.15, 0.2) is 0 Å². The summed E-state index contributed by atoms with van der Waals surface area (Å²) in [6, 6.07) is 0. The van der Waals surface area contributed by atoms with Gasteiger partial charge in [-0.3, -0.25) is 9.59 Å². The molecule has 0 spiro atoms. The Morgan fingerprint density at radius 3 is 2.00 bits per heavy atom. The number of carbonyl (C=O) groups excluding carboxylic acids is 3. The fourth-order valence-corrected chi connectivity index (χ4v) is 1.38. The molecule has 0 aliphatic rings. The van der Waals surface area contributed by atoms with Crippen molar-refractivity contribution in [2.24, 2.45) is 0 Å². The SMILES string of the molecule is CCOCC(=O)NC(C)(C)C(=O)NC(C)(C)C(=O)OC. The first-order valence-corrected chi connectivity index (χ1v) is 6.36. The molecule has 0 bridgehead atoms. The minimum absolute atomic E-state index is 0.117. The van der Waals surface area contributed by atoms with Gasteiger partial charge in [0.15, 0.2) is 0 Å². The number of hydrogen-bond acceptors (Lipinski definition) is 5. The highest BCUT2D eigenvalue weighted by atomic mass is 16.5. The van der Waals surface area contributed by atoms with Gasteiger partial charge in [-0.25, -0.2) is 4.79 Å². The first kappa shape index (κ1) is 18.4. The van der Waals surface area contributed by atoms with E-state index in [0.29, 0.717) is 6.61 Å². The molecule has 0 heterocycles. The molecule has 2 amide bonds. The van der Waals surface area contributed by atoms with Crippen molar-refractivity contribution < 1.29 is 23.9 Å². The Morgan fingerprint density at radius 2 is 1.55 bits per heavy atom. The average Bonchev–Trinajstić information content (AvgIpc) is 2.34. The molecule has 116 valence electrons. The van der Waals surface area contributed by atoms with E-state index in [1.807, 2.05) is 0 Å². The molecular weight excluding hydrogens is 264 g/mol. The molecule has 0 aromatic heterocycles. The second-order valence-corrected chi connectivity index (χ2v) is 5.38. The molecular formula is C13H24N2O5. The van der Waals surface area contributed by atoms with Crippen LogP contribution in [0, 0.1) is 0 Å². The van der Waals surface area contributed by atoms with Crippen LogP contribution in [0.2, 0.25) is 0 Å². The van der Waals surface area contributed by atoms with Crippen molar-refractivity contribution in [2.75, 3.05) is 20.3 Å². The van der Waals surface area contributed by atoms with E-state index in [9.17, 15) is 14.4 Å². The van der Waals surface area contributed by atoms with Crippen LogP contribution in [0.1, 0.15) is 34.6 Å². The van der Waals surface area contributed by atoms with Gasteiger partial charge in [-0.1, -0.05) is 0 Å². The third kappa shape index (κ3) is 5.56. The van der Waals surface area contributed by atoms with Gasteiger partial charge in [-0.05, 0) is 34.6 Å². The van der Waals surface area contributed by atoms with Gasteiger partial charge in [0.2, 0.25) is 11.8 Å². The molecule has 7 nitrogen and oxygen atoms in total. The second-order valence-electron chi connectivity index (χ2n) is 5.38. The van der Waals surface area contributed by atoms with Gasteiger partial charge in [0, 0.05) is 6.61 Å². The smallest absolute Gasteiger partial charge is 0.330 e. The molecule has 0 atom stereocenters. The van der Waals surface area contributed by atoms with E-state index >= 15 is 0 Å². The van der Waals surface area contributed by atoms with E-state index in [1.54, 1.807) is 20.8 Å². The molecule has 0 aliphatic carbocycles. The van der Waals surface area contributed by atoms with Crippen molar-refractivity contribution in [3.05, 3.63) is 0 Å². The maximum Gasteiger partial charge on any atom is 0.330 e. The van der Waals surface area contributed by atoms with E-state index in [1.165, 1.54) is 21.0 Å². The average molecular weight is 288 g/mol. The highest BCUT2D eigenvalue weighted by molar-refractivity contribution is 5.94. The van der Waals surface area contributed by atoms with Crippen LogP contribution in [0.3, 0.4) is 0 Å². The van der Waals surface area contributed by atoms with Gasteiger partial charge in [-0.15, -0.1) is 0 Å². The fourth-order valence-electron chi connectivity index (χ4n) is 1.38. The lowest BCUT2D eigenvalue weighted by atomic mass is 9.99. The Bertz CT molecular complexity index is 377. The Kier molecular flexibility index (Phi) is 6.64. The molecule has 0 saturated carbocycles. The Morgan fingerprint density at radius 1 is 1.00 bits per heavy atom. The summed E-state index contributed by atoms with van der Waals surface area (Å²) in [5.41, 5.74) is -2.34. The topological polar surface area (TPSA) is 93.7 Å². The Labute approximate surface area is 119 Å². The number of esters is 1. The van der Waals surface area contributed by atoms with Gasteiger partial charge < -0.3 is 20.1 Å². The van der Waals surface area contributed by atoms with E-state index in [2.05, 4.69) is 15.4 Å². The number of nitrogens with one attached hydrogen (secondary N) is 2. The van der Waals surface area contributed by atoms with Crippen molar-refractivity contribution >= 4 is 17.8 Å². The zero-order chi connectivity index (χ0) is 16.0. The van der Waals surface area contributed by atoms with Gasteiger partial charge in [0.25, 0.3) is 0 Å². The molecule has 2 N–H and O–H groups in total. The highest BCUT2D eigenvalue weighted by Gasteiger charge is 2.37. The number of rotatable bonds is 7. The molecule has 20 heavy (non-hydrogen) atoms. The quantitative estimate of drug-likeness (QED) is 0.642. The number of methoxy groups -OCH3 is 1. The summed E-state index contributed by atoms with van der Waals surface area (Å²) in [6.45, 7) is 8.19. The third-order valence-electron chi connectivity index (χ3n) is 2.58. The summed E-state index contributed by atoms with van der Waals surface area (Å²) in [6.07, 6.45) is 0. The van der Waals surface area contributed by atoms with Gasteiger partial charge in [-0.2, -0.15) is 0 Å². The predicted molar refractivity (Wildman–Crippen MR) is 73.0 cm³/mol. The lowest BCUT2D eigenvalue weighted by Crippen LogP contribution is -2.61. The van der Waals surface area contributed by atoms with Crippen LogP contribution in [0.25, 0.3) is 0 Å². The highest BCUT2D eigenvalue weighted by Crippen LogP contribution is 2.09. The molecule has 0 radical (unpaired) electrons. The Balaban J connectivity index is 4.66. The van der Waals surface area contributed by atoms with Gasteiger partial charge in [0.05, 0.1) is 7.11 Å². The van der Waals surface area contributed by atoms with Crippen LogP contribution >= 0.6 is 0 Å². The van der Waals surface area contributed by atoms with Gasteiger partial charge >= 0.3 is 5.97 Å². The van der Waals surface area contributed by atoms with Crippen LogP contribution in [0.5, 0.6) is 0 Å². The molecule has 7 heteroatoms. The molecule has 0 unspecified atom stereocenters. The summed E-state index contributed by atoms with van der Waals surface area (Å²) < 4.78 is 9.56. The summed E-state index contributed by atoms with van der Waals surface area (Å²) >= 11 is 0. The van der Waals surface area contributed by atoms with E-state index in [0.717, 1.165) is 0 Å². The first-order chi connectivity index (χ1) is 9.06. The molecule has 0 aromatic rings. The second kappa shape index (κ2) is 7.23. The largest absolute Gasteiger partial charge is 0.467 e. The van der Waals surface area contributed by atoms with E-state index in [4.69, 9.17) is 4.74 Å². The lowest BCUT2D eigenvalue weighted by Gasteiger charge is -2.30. The van der Waals surface area contributed by atoms with Crippen LogP contribution in [-0.2, 0) is 23.9 Å². The number of amides is 2. The minimum Gasteiger partial charge on any atom is -0.467 e. The van der Waals surface area contributed by atoms with Crippen LogP contribution < -0.4 is 10.6 Å². The van der Waals surface area contributed by atoms with Crippen molar-refractivity contribution in [3.63, 3.8) is 0 Å². The maximum atomic E-state index is 12.1. The lowest BCUT2D eigenvalue weighted by molar-refractivity contribution is -0.150. The molecule has 0 aliphatic heterocycles. The zero-order valence-electron chi connectivity index (χ0n) is 13.0. The third-order valence-corrected chi connectivity index (χ3v) is 2.58. The number of ether oxygens (including phenoxy) is 2. The molecule has 0 aromatic carbocycles. The van der Waals surface area contributed by atoms with E-state index in [-0.39, 0.29) is 6.61 Å². The van der Waals surface area contributed by atoms with Crippen molar-refractivity contribution in [3.8, 4) is 0 Å². The monoisotopic (exact) mass is 288 g/mol. The van der Waals surface area contributed by atoms with Crippen molar-refractivity contribution in [2.45, 2.75) is 45.7 Å². The summed E-state index contributed by atoms with van der Waals surface area (Å²) in [7, 11) is 1.24. The fraction of sp³-hybridized carbons (Fsp3) is 0.769. The summed E-state index contributed by atoms with van der Waals surface area (Å²) in [5, 5.41) is 5.08. The normalized spacial score (nSPS) is 11.7. The van der Waals surface area contributed by atoms with Crippen molar-refractivity contribution in [1.29, 1.82) is 0 Å². The Hall–Kier alpha value is -1.63. The van der Waals surface area contributed by atoms with E-state index < -0.39 is 28.9 Å². The van der Waals surface area contributed by atoms with Crippen LogP contribution in [0.4, 0.5) is 0 Å². The van der Waals surface area contributed by atoms with Crippen molar-refractivity contribution in [1.82, 2.24) is 10.6 Å². The summed E-state index contributed by atoms with van der Waals surface area (Å²) in [5.74, 6) is -1.46. The van der Waals surface area contributed by atoms with Crippen LogP contribution in [-0.4, -0.2) is 49.2 Å². The maximum absolute atomic E-state index is 12.1. The first-order valence-electron chi connectivity index (χ1n) is 6.36. The van der Waals surface area contributed by atoms with Gasteiger partial charge in [0.1, 0.15) is 17.7 Å².